The van der Waals surface area contributed by atoms with Gasteiger partial charge in [-0.15, -0.1) is 0 Å². The first-order valence-electron chi connectivity index (χ1n) is 10.3. The maximum atomic E-state index is 14.2. The van der Waals surface area contributed by atoms with Crippen molar-refractivity contribution in [2.45, 2.75) is 44.3 Å². The van der Waals surface area contributed by atoms with E-state index in [-0.39, 0.29) is 40.9 Å². The van der Waals surface area contributed by atoms with Gasteiger partial charge < -0.3 is 10.6 Å². The van der Waals surface area contributed by atoms with Crippen LogP contribution in [0.2, 0.25) is 10.2 Å². The van der Waals surface area contributed by atoms with Gasteiger partial charge in [-0.3, -0.25) is 15.0 Å². The van der Waals surface area contributed by atoms with Crippen LogP contribution >= 0.6 is 23.2 Å². The lowest BCUT2D eigenvalue weighted by Crippen LogP contribution is -2.58. The molecule has 0 spiro atoms. The Morgan fingerprint density at radius 2 is 1.84 bits per heavy atom. The van der Waals surface area contributed by atoms with E-state index < -0.39 is 22.8 Å². The number of aromatic nitrogens is 1. The van der Waals surface area contributed by atoms with Crippen molar-refractivity contribution in [1.82, 2.24) is 9.88 Å². The van der Waals surface area contributed by atoms with Gasteiger partial charge in [0.1, 0.15) is 10.8 Å². The number of anilines is 2. The maximum absolute atomic E-state index is 14.2. The molecule has 1 saturated carbocycles. The number of alkyl halides is 2. The van der Waals surface area contributed by atoms with Crippen LogP contribution in [0.15, 0.2) is 30.3 Å². The molecule has 4 atom stereocenters. The van der Waals surface area contributed by atoms with Gasteiger partial charge in [-0.1, -0.05) is 35.3 Å². The molecule has 172 valence electrons. The van der Waals surface area contributed by atoms with Crippen LogP contribution in [0.5, 0.6) is 0 Å². The molecule has 0 bridgehead atoms. The summed E-state index contributed by atoms with van der Waals surface area (Å²) < 4.78 is 28.4. The number of halogens is 4. The van der Waals surface area contributed by atoms with Crippen molar-refractivity contribution in [3.63, 3.8) is 0 Å². The van der Waals surface area contributed by atoms with Crippen molar-refractivity contribution in [1.29, 1.82) is 0 Å². The molecule has 2 N–H and O–H groups in total. The molecule has 11 heteroatoms. The number of hydrogen-bond donors (Lipinski definition) is 1. The van der Waals surface area contributed by atoms with Gasteiger partial charge in [0.25, 0.3) is 5.92 Å². The molecule has 1 aliphatic heterocycles. The molecule has 1 aromatic carbocycles. The summed E-state index contributed by atoms with van der Waals surface area (Å²) in [6, 6.07) is 7.56. The Morgan fingerprint density at radius 1 is 1.22 bits per heavy atom. The van der Waals surface area contributed by atoms with E-state index in [1.807, 2.05) is 18.7 Å². The number of benzene rings is 1. The quantitative estimate of drug-likeness (QED) is 0.356. The summed E-state index contributed by atoms with van der Waals surface area (Å²) in [6.07, 6.45) is -0.163. The molecule has 4 rings (SSSR count). The van der Waals surface area contributed by atoms with Crippen LogP contribution < -0.4 is 10.6 Å². The Labute approximate surface area is 194 Å². The maximum Gasteiger partial charge on any atom is 0.334 e. The lowest BCUT2D eigenvalue weighted by Gasteiger charge is -2.48. The standard InChI is InChI=1S/C21H23Cl2F2N5O2/c1-11-10-29(18(15-8-21(15,24)25)13-3-5-14(22)6-4-13)12(2)9-28(11)16-7-17(23)27-20(26)19(16)30(31)32/h3-7,11-12,15,18H,8-10H2,1-2H3,(H2,26,27)/t11-,12+,15-,18?/m0/s1. The molecule has 0 radical (unpaired) electrons. The van der Waals surface area contributed by atoms with Crippen LogP contribution in [-0.4, -0.2) is 45.9 Å². The van der Waals surface area contributed by atoms with Crippen molar-refractivity contribution in [3.05, 3.63) is 56.2 Å². The second-order valence-electron chi connectivity index (χ2n) is 8.57. The van der Waals surface area contributed by atoms with Gasteiger partial charge in [-0.2, -0.15) is 0 Å². The highest BCUT2D eigenvalue weighted by atomic mass is 35.5. The largest absolute Gasteiger partial charge is 0.378 e. The van der Waals surface area contributed by atoms with Gasteiger partial charge in [-0.05, 0) is 31.5 Å². The minimum absolute atomic E-state index is 0.0575. The molecule has 0 amide bonds. The van der Waals surface area contributed by atoms with Crippen LogP contribution in [0.3, 0.4) is 0 Å². The lowest BCUT2D eigenvalue weighted by atomic mass is 9.95. The molecule has 2 aliphatic rings. The molecule has 1 aromatic heterocycles. The zero-order valence-electron chi connectivity index (χ0n) is 17.5. The number of piperazine rings is 1. The van der Waals surface area contributed by atoms with Crippen molar-refractivity contribution in [2.75, 3.05) is 23.7 Å². The van der Waals surface area contributed by atoms with E-state index in [9.17, 15) is 18.9 Å². The minimum atomic E-state index is -2.71. The predicted molar refractivity (Wildman–Crippen MR) is 121 cm³/mol. The second kappa shape index (κ2) is 8.28. The van der Waals surface area contributed by atoms with Gasteiger partial charge in [-0.25, -0.2) is 13.8 Å². The molecular formula is C21H23Cl2F2N5O2. The summed E-state index contributed by atoms with van der Waals surface area (Å²) in [4.78, 5) is 18.8. The fourth-order valence-electron chi connectivity index (χ4n) is 4.69. The first-order chi connectivity index (χ1) is 15.0. The molecule has 32 heavy (non-hydrogen) atoms. The molecule has 2 aromatic rings. The highest BCUT2D eigenvalue weighted by Crippen LogP contribution is 2.57. The molecular weight excluding hydrogens is 463 g/mol. The van der Waals surface area contributed by atoms with Crippen LogP contribution in [0, 0.1) is 16.0 Å². The number of hydrogen-bond acceptors (Lipinski definition) is 6. The first-order valence-corrected chi connectivity index (χ1v) is 11.0. The van der Waals surface area contributed by atoms with E-state index in [1.165, 1.54) is 6.07 Å². The lowest BCUT2D eigenvalue weighted by molar-refractivity contribution is -0.383. The van der Waals surface area contributed by atoms with Gasteiger partial charge in [0.15, 0.2) is 0 Å². The van der Waals surface area contributed by atoms with Crippen molar-refractivity contribution >= 4 is 40.4 Å². The average Bonchev–Trinajstić information content (AvgIpc) is 3.32. The summed E-state index contributed by atoms with van der Waals surface area (Å²) in [5.74, 6) is -3.75. The number of nitrogen functional groups attached to an aromatic ring is 1. The van der Waals surface area contributed by atoms with E-state index in [1.54, 1.807) is 24.3 Å². The minimum Gasteiger partial charge on any atom is -0.378 e. The summed E-state index contributed by atoms with van der Waals surface area (Å²) in [5, 5.41) is 12.2. The van der Waals surface area contributed by atoms with Crippen molar-refractivity contribution in [3.8, 4) is 0 Å². The van der Waals surface area contributed by atoms with E-state index in [2.05, 4.69) is 9.88 Å². The highest BCUT2D eigenvalue weighted by Gasteiger charge is 2.62. The number of nitrogens with zero attached hydrogens (tertiary/aromatic N) is 4. The number of rotatable bonds is 5. The van der Waals surface area contributed by atoms with Crippen LogP contribution in [0.25, 0.3) is 0 Å². The second-order valence-corrected chi connectivity index (χ2v) is 9.39. The van der Waals surface area contributed by atoms with Crippen LogP contribution in [-0.2, 0) is 0 Å². The number of nitrogens with two attached hydrogens (primary N) is 1. The van der Waals surface area contributed by atoms with E-state index in [0.29, 0.717) is 18.1 Å². The molecule has 2 heterocycles. The highest BCUT2D eigenvalue weighted by molar-refractivity contribution is 6.30. The number of nitro groups is 1. The first kappa shape index (κ1) is 22.9. The predicted octanol–water partition coefficient (Wildman–Crippen LogP) is 5.17. The summed E-state index contributed by atoms with van der Waals surface area (Å²) in [5.41, 5.74) is 6.55. The van der Waals surface area contributed by atoms with Crippen LogP contribution in [0.4, 0.5) is 26.0 Å². The van der Waals surface area contributed by atoms with Gasteiger partial charge >= 0.3 is 5.69 Å². The van der Waals surface area contributed by atoms with Gasteiger partial charge in [0, 0.05) is 54.6 Å². The van der Waals surface area contributed by atoms with Gasteiger partial charge in [0.05, 0.1) is 4.92 Å². The fraction of sp³-hybridized carbons (Fsp3) is 0.476. The van der Waals surface area contributed by atoms with E-state index in [4.69, 9.17) is 28.9 Å². The van der Waals surface area contributed by atoms with E-state index >= 15 is 0 Å². The topological polar surface area (TPSA) is 88.5 Å². The third kappa shape index (κ3) is 4.21. The average molecular weight is 486 g/mol. The monoisotopic (exact) mass is 485 g/mol. The van der Waals surface area contributed by atoms with Crippen molar-refractivity contribution in [2.24, 2.45) is 5.92 Å². The molecule has 7 nitrogen and oxygen atoms in total. The molecule has 1 unspecified atom stereocenters. The normalized spacial score (nSPS) is 26.1. The molecule has 2 fully saturated rings. The Morgan fingerprint density at radius 3 is 2.41 bits per heavy atom. The number of pyridine rings is 1. The summed E-state index contributed by atoms with van der Waals surface area (Å²) in [6.45, 7) is 4.64. The Bertz CT molecular complexity index is 1040. The van der Waals surface area contributed by atoms with Crippen molar-refractivity contribution < 1.29 is 13.7 Å². The Hall–Kier alpha value is -2.23. The third-order valence-corrected chi connectivity index (χ3v) is 6.76. The third-order valence-electron chi connectivity index (χ3n) is 6.32. The molecule has 1 aliphatic carbocycles. The Balaban J connectivity index is 1.67. The van der Waals surface area contributed by atoms with Gasteiger partial charge in [0.2, 0.25) is 5.82 Å². The smallest absolute Gasteiger partial charge is 0.334 e. The van der Waals surface area contributed by atoms with E-state index in [0.717, 1.165) is 5.56 Å². The SMILES string of the molecule is C[C@@H]1CN(c2cc(Cl)nc(N)c2[N+](=O)[O-])[C@@H](C)CN1C(c1ccc(Cl)cc1)[C@@H]1CC1(F)F. The van der Waals surface area contributed by atoms with Crippen LogP contribution in [0.1, 0.15) is 31.9 Å². The zero-order valence-corrected chi connectivity index (χ0v) is 19.0. The summed E-state index contributed by atoms with van der Waals surface area (Å²) >= 11 is 12.0. The summed E-state index contributed by atoms with van der Waals surface area (Å²) in [7, 11) is 0. The Kier molecular flexibility index (Phi) is 5.94. The molecule has 1 saturated heterocycles. The zero-order chi connectivity index (χ0) is 23.4. The fourth-order valence-corrected chi connectivity index (χ4v) is 5.01.